The van der Waals surface area contributed by atoms with E-state index in [2.05, 4.69) is 10.3 Å². The van der Waals surface area contributed by atoms with Crippen molar-refractivity contribution >= 4 is 17.2 Å². The average molecular weight is 344 g/mol. The molecule has 0 saturated carbocycles. The molecule has 0 unspecified atom stereocenters. The lowest BCUT2D eigenvalue weighted by Gasteiger charge is -2.05. The highest BCUT2D eigenvalue weighted by Gasteiger charge is 2.10. The van der Waals surface area contributed by atoms with Crippen LogP contribution in [0.5, 0.6) is 0 Å². The van der Waals surface area contributed by atoms with E-state index >= 15 is 0 Å². The van der Waals surface area contributed by atoms with Gasteiger partial charge >= 0.3 is 0 Å². The zero-order valence-electron chi connectivity index (χ0n) is 12.6. The predicted octanol–water partition coefficient (Wildman–Crippen LogP) is 3.95. The second-order valence-corrected chi connectivity index (χ2v) is 6.05. The number of thiazole rings is 1. The second kappa shape index (κ2) is 7.31. The summed E-state index contributed by atoms with van der Waals surface area (Å²) < 4.78 is 26.4. The molecule has 0 aliphatic heterocycles. The van der Waals surface area contributed by atoms with Crippen molar-refractivity contribution < 1.29 is 13.6 Å². The summed E-state index contributed by atoms with van der Waals surface area (Å²) in [6, 6.07) is 12.4. The van der Waals surface area contributed by atoms with Gasteiger partial charge in [-0.25, -0.2) is 13.8 Å². The normalized spacial score (nSPS) is 10.6. The molecule has 0 bridgehead atoms. The van der Waals surface area contributed by atoms with Gasteiger partial charge in [-0.15, -0.1) is 11.3 Å². The Kier molecular flexibility index (Phi) is 4.96. The summed E-state index contributed by atoms with van der Waals surface area (Å²) in [6.07, 6.45) is 0.117. The smallest absolute Gasteiger partial charge is 0.226 e. The molecule has 1 N–H and O–H groups in total. The van der Waals surface area contributed by atoms with E-state index < -0.39 is 0 Å². The van der Waals surface area contributed by atoms with Gasteiger partial charge in [0.2, 0.25) is 5.91 Å². The highest BCUT2D eigenvalue weighted by atomic mass is 32.1. The summed E-state index contributed by atoms with van der Waals surface area (Å²) in [5.74, 6) is -0.873. The molecule has 2 aromatic carbocycles. The van der Waals surface area contributed by atoms with Crippen LogP contribution in [0.15, 0.2) is 53.9 Å². The number of nitrogens with one attached hydrogen (secondary N) is 1. The zero-order chi connectivity index (χ0) is 16.9. The van der Waals surface area contributed by atoms with E-state index in [1.807, 2.05) is 0 Å². The van der Waals surface area contributed by atoms with Crippen LogP contribution >= 0.6 is 11.3 Å². The fraction of sp³-hybridized carbons (Fsp3) is 0.111. The van der Waals surface area contributed by atoms with Crippen molar-refractivity contribution in [3.05, 3.63) is 76.8 Å². The first-order valence-corrected chi connectivity index (χ1v) is 8.20. The molecule has 0 saturated heterocycles. The number of hydrogen-bond donors (Lipinski definition) is 1. The molecule has 0 spiro atoms. The van der Waals surface area contributed by atoms with E-state index in [9.17, 15) is 13.6 Å². The number of halogens is 2. The van der Waals surface area contributed by atoms with Crippen LogP contribution in [0.1, 0.15) is 11.3 Å². The average Bonchev–Trinajstić information content (AvgIpc) is 3.03. The summed E-state index contributed by atoms with van der Waals surface area (Å²) in [7, 11) is 0. The van der Waals surface area contributed by atoms with Gasteiger partial charge in [-0.05, 0) is 30.3 Å². The Balaban J connectivity index is 1.59. The maximum atomic E-state index is 13.5. The number of aromatic nitrogens is 1. The lowest BCUT2D eigenvalue weighted by atomic mass is 10.2. The molecule has 24 heavy (non-hydrogen) atoms. The third-order valence-electron chi connectivity index (χ3n) is 3.42. The summed E-state index contributed by atoms with van der Waals surface area (Å²) in [6.45, 7) is 0.139. The van der Waals surface area contributed by atoms with Crippen LogP contribution in [-0.2, 0) is 17.8 Å². The first kappa shape index (κ1) is 16.3. The van der Waals surface area contributed by atoms with Crippen LogP contribution < -0.4 is 5.32 Å². The number of carbonyl (C=O) groups is 1. The van der Waals surface area contributed by atoms with E-state index in [0.29, 0.717) is 11.3 Å². The molecule has 0 aliphatic carbocycles. The molecule has 6 heteroatoms. The van der Waals surface area contributed by atoms with Gasteiger partial charge in [0.05, 0.1) is 12.1 Å². The Labute approximate surface area is 142 Å². The fourth-order valence-corrected chi connectivity index (χ4v) is 3.00. The number of nitrogens with zero attached hydrogens (tertiary/aromatic N) is 1. The standard InChI is InChI=1S/C18H14F2N2OS/c19-14-7-5-12(6-8-14)18-22-15(11-24-18)9-17(23)21-10-13-3-1-2-4-16(13)20/h1-8,11H,9-10H2,(H,21,23). The topological polar surface area (TPSA) is 42.0 Å². The summed E-state index contributed by atoms with van der Waals surface area (Å²) in [4.78, 5) is 16.4. The van der Waals surface area contributed by atoms with Gasteiger partial charge in [0.15, 0.2) is 0 Å². The summed E-state index contributed by atoms with van der Waals surface area (Å²) in [5, 5.41) is 5.20. The molecule has 1 amide bonds. The van der Waals surface area contributed by atoms with Crippen molar-refractivity contribution in [3.63, 3.8) is 0 Å². The molecule has 3 aromatic rings. The monoisotopic (exact) mass is 344 g/mol. The van der Waals surface area contributed by atoms with E-state index in [1.165, 1.54) is 29.5 Å². The molecular weight excluding hydrogens is 330 g/mol. The molecule has 0 radical (unpaired) electrons. The molecule has 1 aromatic heterocycles. The molecular formula is C18H14F2N2OS. The summed E-state index contributed by atoms with van der Waals surface area (Å²) in [5.41, 5.74) is 1.88. The van der Waals surface area contributed by atoms with Crippen molar-refractivity contribution in [2.75, 3.05) is 0 Å². The van der Waals surface area contributed by atoms with Gasteiger partial charge in [0, 0.05) is 23.1 Å². The van der Waals surface area contributed by atoms with Crippen LogP contribution in [0.3, 0.4) is 0 Å². The van der Waals surface area contributed by atoms with Crippen molar-refractivity contribution in [3.8, 4) is 10.6 Å². The number of hydrogen-bond acceptors (Lipinski definition) is 3. The third kappa shape index (κ3) is 4.02. The van der Waals surface area contributed by atoms with E-state index in [4.69, 9.17) is 0 Å². The highest BCUT2D eigenvalue weighted by molar-refractivity contribution is 7.13. The van der Waals surface area contributed by atoms with E-state index in [0.717, 1.165) is 10.6 Å². The molecule has 1 heterocycles. The fourth-order valence-electron chi connectivity index (χ4n) is 2.18. The predicted molar refractivity (Wildman–Crippen MR) is 89.5 cm³/mol. The van der Waals surface area contributed by atoms with Crippen molar-refractivity contribution in [2.45, 2.75) is 13.0 Å². The van der Waals surface area contributed by atoms with Crippen molar-refractivity contribution in [2.24, 2.45) is 0 Å². The number of rotatable bonds is 5. The minimum absolute atomic E-state index is 0.117. The van der Waals surface area contributed by atoms with E-state index in [-0.39, 0.29) is 30.5 Å². The van der Waals surface area contributed by atoms with Crippen molar-refractivity contribution in [1.29, 1.82) is 0 Å². The van der Waals surface area contributed by atoms with Gasteiger partial charge in [0.25, 0.3) is 0 Å². The van der Waals surface area contributed by atoms with Gasteiger partial charge in [-0.2, -0.15) is 0 Å². The first-order valence-electron chi connectivity index (χ1n) is 7.32. The van der Waals surface area contributed by atoms with Crippen LogP contribution in [0.4, 0.5) is 8.78 Å². The number of carbonyl (C=O) groups excluding carboxylic acids is 1. The Morgan fingerprint density at radius 2 is 1.83 bits per heavy atom. The second-order valence-electron chi connectivity index (χ2n) is 5.20. The van der Waals surface area contributed by atoms with Crippen LogP contribution in [0.2, 0.25) is 0 Å². The van der Waals surface area contributed by atoms with Gasteiger partial charge in [0.1, 0.15) is 16.6 Å². The minimum atomic E-state index is -0.343. The van der Waals surface area contributed by atoms with Crippen LogP contribution in [-0.4, -0.2) is 10.9 Å². The minimum Gasteiger partial charge on any atom is -0.352 e. The zero-order valence-corrected chi connectivity index (χ0v) is 13.4. The Morgan fingerprint density at radius 3 is 2.58 bits per heavy atom. The Morgan fingerprint density at radius 1 is 1.08 bits per heavy atom. The van der Waals surface area contributed by atoms with Gasteiger partial charge < -0.3 is 5.32 Å². The lowest BCUT2D eigenvalue weighted by Crippen LogP contribution is -2.25. The maximum Gasteiger partial charge on any atom is 0.226 e. The van der Waals surface area contributed by atoms with Crippen molar-refractivity contribution in [1.82, 2.24) is 10.3 Å². The molecule has 0 fully saturated rings. The largest absolute Gasteiger partial charge is 0.352 e. The molecule has 0 aliphatic rings. The third-order valence-corrected chi connectivity index (χ3v) is 4.36. The van der Waals surface area contributed by atoms with Crippen LogP contribution in [0, 0.1) is 11.6 Å². The van der Waals surface area contributed by atoms with E-state index in [1.54, 1.807) is 35.7 Å². The lowest BCUT2D eigenvalue weighted by molar-refractivity contribution is -0.120. The highest BCUT2D eigenvalue weighted by Crippen LogP contribution is 2.24. The molecule has 3 rings (SSSR count). The summed E-state index contributed by atoms with van der Waals surface area (Å²) >= 11 is 1.39. The Hall–Kier alpha value is -2.60. The Bertz CT molecular complexity index is 846. The van der Waals surface area contributed by atoms with Gasteiger partial charge in [-0.1, -0.05) is 18.2 Å². The number of benzene rings is 2. The maximum absolute atomic E-state index is 13.5. The van der Waals surface area contributed by atoms with Gasteiger partial charge in [-0.3, -0.25) is 4.79 Å². The van der Waals surface area contributed by atoms with Crippen LogP contribution in [0.25, 0.3) is 10.6 Å². The number of amides is 1. The SMILES string of the molecule is O=C(Cc1csc(-c2ccc(F)cc2)n1)NCc1ccccc1F. The molecule has 122 valence electrons. The molecule has 3 nitrogen and oxygen atoms in total. The first-order chi connectivity index (χ1) is 11.6. The molecule has 0 atom stereocenters. The quantitative estimate of drug-likeness (QED) is 0.761.